The standard InChI is InChI=1S/C16H24N6S.HI/c1-12-20-21-15(22(12)2)10-18-16(19-14-5-3-4-6-14)17-9-13-7-8-23-11-13;/h7-8,11,14H,3-6,9-10H2,1-2H3,(H2,17,18,19);1H. The summed E-state index contributed by atoms with van der Waals surface area (Å²) in [5, 5.41) is 19.5. The molecule has 0 radical (unpaired) electrons. The fourth-order valence-corrected chi connectivity index (χ4v) is 3.40. The molecular formula is C16H25IN6S. The molecule has 0 atom stereocenters. The van der Waals surface area contributed by atoms with E-state index in [9.17, 15) is 0 Å². The van der Waals surface area contributed by atoms with Gasteiger partial charge in [-0.1, -0.05) is 12.8 Å². The third kappa shape index (κ3) is 5.17. The molecule has 1 aliphatic carbocycles. The Morgan fingerprint density at radius 2 is 2.17 bits per heavy atom. The van der Waals surface area contributed by atoms with Gasteiger partial charge in [0.1, 0.15) is 5.82 Å². The zero-order valence-corrected chi connectivity index (χ0v) is 17.3. The molecule has 2 aromatic heterocycles. The molecule has 0 aliphatic heterocycles. The SMILES string of the molecule is Cc1nnc(CNC(=NCc2ccsc2)NC2CCCC2)n1C.I. The zero-order valence-electron chi connectivity index (χ0n) is 14.2. The molecular weight excluding hydrogens is 435 g/mol. The van der Waals surface area contributed by atoms with Gasteiger partial charge in [-0.05, 0) is 42.2 Å². The van der Waals surface area contributed by atoms with Gasteiger partial charge in [-0.15, -0.1) is 34.2 Å². The third-order valence-corrected chi connectivity index (χ3v) is 5.02. The molecule has 2 N–H and O–H groups in total. The quantitative estimate of drug-likeness (QED) is 0.409. The Hall–Kier alpha value is -1.16. The van der Waals surface area contributed by atoms with E-state index in [-0.39, 0.29) is 24.0 Å². The van der Waals surface area contributed by atoms with Crippen LogP contribution in [0.25, 0.3) is 0 Å². The molecule has 6 nitrogen and oxygen atoms in total. The summed E-state index contributed by atoms with van der Waals surface area (Å²) in [6.07, 6.45) is 5.06. The van der Waals surface area contributed by atoms with Crippen LogP contribution in [-0.2, 0) is 20.1 Å². The number of halogens is 1. The van der Waals surface area contributed by atoms with Gasteiger partial charge in [0, 0.05) is 13.1 Å². The Labute approximate surface area is 164 Å². The van der Waals surface area contributed by atoms with E-state index in [0.29, 0.717) is 19.1 Å². The van der Waals surface area contributed by atoms with E-state index >= 15 is 0 Å². The fourth-order valence-electron chi connectivity index (χ4n) is 2.74. The summed E-state index contributed by atoms with van der Waals surface area (Å²) >= 11 is 1.71. The van der Waals surface area contributed by atoms with E-state index in [4.69, 9.17) is 4.99 Å². The first kappa shape index (κ1) is 19.2. The lowest BCUT2D eigenvalue weighted by Crippen LogP contribution is -2.42. The Morgan fingerprint density at radius 3 is 2.79 bits per heavy atom. The minimum Gasteiger partial charge on any atom is -0.354 e. The first-order valence-corrected chi connectivity index (χ1v) is 9.07. The monoisotopic (exact) mass is 460 g/mol. The molecule has 132 valence electrons. The van der Waals surface area contributed by atoms with Crippen molar-refractivity contribution in [3.05, 3.63) is 34.0 Å². The van der Waals surface area contributed by atoms with Crippen molar-refractivity contribution in [2.75, 3.05) is 0 Å². The molecule has 3 rings (SSSR count). The molecule has 24 heavy (non-hydrogen) atoms. The topological polar surface area (TPSA) is 67.1 Å². The third-order valence-electron chi connectivity index (χ3n) is 4.29. The number of hydrogen-bond acceptors (Lipinski definition) is 4. The average molecular weight is 460 g/mol. The lowest BCUT2D eigenvalue weighted by atomic mass is 10.2. The van der Waals surface area contributed by atoms with Gasteiger partial charge < -0.3 is 15.2 Å². The molecule has 0 bridgehead atoms. The molecule has 8 heteroatoms. The van der Waals surface area contributed by atoms with E-state index in [1.165, 1.54) is 31.2 Å². The summed E-state index contributed by atoms with van der Waals surface area (Å²) < 4.78 is 2.00. The first-order valence-electron chi connectivity index (χ1n) is 8.13. The number of aromatic nitrogens is 3. The predicted octanol–water partition coefficient (Wildman–Crippen LogP) is 2.98. The van der Waals surface area contributed by atoms with Gasteiger partial charge in [0.15, 0.2) is 11.8 Å². The minimum absolute atomic E-state index is 0. The van der Waals surface area contributed by atoms with E-state index in [0.717, 1.165) is 17.6 Å². The molecule has 0 saturated heterocycles. The van der Waals surface area contributed by atoms with Gasteiger partial charge in [-0.25, -0.2) is 4.99 Å². The maximum atomic E-state index is 4.72. The lowest BCUT2D eigenvalue weighted by Gasteiger charge is -2.17. The number of aryl methyl sites for hydroxylation is 1. The van der Waals surface area contributed by atoms with Crippen LogP contribution in [0.15, 0.2) is 21.8 Å². The molecule has 1 aliphatic rings. The van der Waals surface area contributed by atoms with E-state index in [1.54, 1.807) is 11.3 Å². The van der Waals surface area contributed by atoms with Gasteiger partial charge in [0.05, 0.1) is 13.1 Å². The van der Waals surface area contributed by atoms with Crippen molar-refractivity contribution < 1.29 is 0 Å². The summed E-state index contributed by atoms with van der Waals surface area (Å²) in [4.78, 5) is 4.72. The van der Waals surface area contributed by atoms with Crippen LogP contribution in [0.2, 0.25) is 0 Å². The molecule has 0 amide bonds. The maximum absolute atomic E-state index is 4.72. The van der Waals surface area contributed by atoms with Crippen LogP contribution in [-0.4, -0.2) is 26.8 Å². The van der Waals surface area contributed by atoms with Crippen LogP contribution in [0, 0.1) is 6.92 Å². The van der Waals surface area contributed by atoms with Gasteiger partial charge in [0.2, 0.25) is 0 Å². The summed E-state index contributed by atoms with van der Waals surface area (Å²) in [6.45, 7) is 3.28. The second-order valence-corrected chi connectivity index (χ2v) is 6.78. The minimum atomic E-state index is 0. The van der Waals surface area contributed by atoms with E-state index < -0.39 is 0 Å². The van der Waals surface area contributed by atoms with Gasteiger partial charge in [-0.2, -0.15) is 11.3 Å². The second kappa shape index (κ2) is 9.36. The highest BCUT2D eigenvalue weighted by atomic mass is 127. The van der Waals surface area contributed by atoms with Crippen LogP contribution in [0.4, 0.5) is 0 Å². The van der Waals surface area contributed by atoms with Crippen molar-refractivity contribution in [3.63, 3.8) is 0 Å². The van der Waals surface area contributed by atoms with Crippen molar-refractivity contribution in [2.24, 2.45) is 12.0 Å². The predicted molar refractivity (Wildman–Crippen MR) is 109 cm³/mol. The number of guanidine groups is 1. The molecule has 2 aromatic rings. The van der Waals surface area contributed by atoms with Gasteiger partial charge in [-0.3, -0.25) is 0 Å². The zero-order chi connectivity index (χ0) is 16.1. The number of thiophene rings is 1. The van der Waals surface area contributed by atoms with Crippen LogP contribution < -0.4 is 10.6 Å². The summed E-state index contributed by atoms with van der Waals surface area (Å²) in [6, 6.07) is 2.65. The molecule has 0 aromatic carbocycles. The number of nitrogens with zero attached hydrogens (tertiary/aromatic N) is 4. The highest BCUT2D eigenvalue weighted by Crippen LogP contribution is 2.17. The molecule has 0 spiro atoms. The van der Waals surface area contributed by atoms with E-state index in [1.807, 2.05) is 18.5 Å². The normalized spacial score (nSPS) is 15.3. The van der Waals surface area contributed by atoms with Gasteiger partial charge in [0.25, 0.3) is 0 Å². The van der Waals surface area contributed by atoms with Crippen molar-refractivity contribution in [2.45, 2.75) is 51.7 Å². The lowest BCUT2D eigenvalue weighted by molar-refractivity contribution is 0.606. The Balaban J connectivity index is 0.00000208. The Kier molecular flexibility index (Phi) is 7.47. The van der Waals surface area contributed by atoms with Crippen molar-refractivity contribution in [1.29, 1.82) is 0 Å². The summed E-state index contributed by atoms with van der Waals surface area (Å²) in [7, 11) is 1.99. The van der Waals surface area contributed by atoms with Crippen molar-refractivity contribution >= 4 is 41.3 Å². The Morgan fingerprint density at radius 1 is 1.38 bits per heavy atom. The van der Waals surface area contributed by atoms with Crippen LogP contribution in [0.3, 0.4) is 0 Å². The van der Waals surface area contributed by atoms with Crippen LogP contribution in [0.5, 0.6) is 0 Å². The average Bonchev–Trinajstić information content (AvgIpc) is 3.28. The largest absolute Gasteiger partial charge is 0.354 e. The van der Waals surface area contributed by atoms with Crippen molar-refractivity contribution in [1.82, 2.24) is 25.4 Å². The van der Waals surface area contributed by atoms with Crippen LogP contribution in [0.1, 0.15) is 42.9 Å². The van der Waals surface area contributed by atoms with E-state index in [2.05, 4.69) is 37.7 Å². The van der Waals surface area contributed by atoms with Crippen molar-refractivity contribution in [3.8, 4) is 0 Å². The highest BCUT2D eigenvalue weighted by molar-refractivity contribution is 14.0. The van der Waals surface area contributed by atoms with Crippen LogP contribution >= 0.6 is 35.3 Å². The summed E-state index contributed by atoms with van der Waals surface area (Å²) in [5.41, 5.74) is 1.25. The second-order valence-electron chi connectivity index (χ2n) is 6.00. The number of aliphatic imine (C=N–C) groups is 1. The number of hydrogen-bond donors (Lipinski definition) is 2. The number of nitrogens with one attached hydrogen (secondary N) is 2. The van der Waals surface area contributed by atoms with Gasteiger partial charge >= 0.3 is 0 Å². The first-order chi connectivity index (χ1) is 11.2. The fraction of sp³-hybridized carbons (Fsp3) is 0.562. The number of rotatable bonds is 5. The smallest absolute Gasteiger partial charge is 0.192 e. The molecule has 1 fully saturated rings. The Bertz CT molecular complexity index is 646. The highest BCUT2D eigenvalue weighted by Gasteiger charge is 2.16. The maximum Gasteiger partial charge on any atom is 0.192 e. The molecule has 1 saturated carbocycles. The molecule has 2 heterocycles. The molecule has 0 unspecified atom stereocenters. The summed E-state index contributed by atoms with van der Waals surface area (Å²) in [5.74, 6) is 2.70.